The van der Waals surface area contributed by atoms with E-state index in [9.17, 15) is 4.79 Å². The van der Waals surface area contributed by atoms with Crippen LogP contribution in [0, 0.1) is 0 Å². The van der Waals surface area contributed by atoms with Crippen molar-refractivity contribution in [2.75, 3.05) is 12.3 Å². The highest BCUT2D eigenvalue weighted by molar-refractivity contribution is 8.03. The summed E-state index contributed by atoms with van der Waals surface area (Å²) >= 11 is 1.72. The van der Waals surface area contributed by atoms with Crippen LogP contribution < -0.4 is 0 Å². The first-order valence-electron chi connectivity index (χ1n) is 6.77. The molecule has 0 aliphatic carbocycles. The minimum Gasteiger partial charge on any atom is -0.328 e. The fourth-order valence-electron chi connectivity index (χ4n) is 2.39. The van der Waals surface area contributed by atoms with Crippen LogP contribution >= 0.6 is 11.8 Å². The molecule has 1 fully saturated rings. The van der Waals surface area contributed by atoms with Crippen LogP contribution in [-0.2, 0) is 11.8 Å². The maximum atomic E-state index is 11.9. The van der Waals surface area contributed by atoms with Crippen molar-refractivity contribution < 1.29 is 4.79 Å². The molecule has 1 aliphatic heterocycles. The highest BCUT2D eigenvalue weighted by Crippen LogP contribution is 2.30. The largest absolute Gasteiger partial charge is 0.328 e. The lowest BCUT2D eigenvalue weighted by Gasteiger charge is -2.15. The lowest BCUT2D eigenvalue weighted by atomic mass is 10.3. The first-order valence-corrected chi connectivity index (χ1v) is 7.75. The Morgan fingerprint density at radius 2 is 2.25 bits per heavy atom. The Hall–Kier alpha value is -1.75. The third-order valence-electron chi connectivity index (χ3n) is 3.51. The Morgan fingerprint density at radius 1 is 1.45 bits per heavy atom. The van der Waals surface area contributed by atoms with Crippen molar-refractivity contribution in [1.29, 1.82) is 0 Å². The lowest BCUT2D eigenvalue weighted by Crippen LogP contribution is -2.25. The molecule has 1 amide bonds. The second kappa shape index (κ2) is 5.32. The van der Waals surface area contributed by atoms with Crippen molar-refractivity contribution in [3.63, 3.8) is 0 Å². The van der Waals surface area contributed by atoms with E-state index in [0.29, 0.717) is 6.42 Å². The van der Waals surface area contributed by atoms with Gasteiger partial charge in [0.05, 0.1) is 16.1 Å². The number of fused-ring (bicyclic) bond motifs is 1. The minimum atomic E-state index is 0.181. The van der Waals surface area contributed by atoms with E-state index >= 15 is 0 Å². The molecule has 2 aromatic rings. The van der Waals surface area contributed by atoms with Crippen molar-refractivity contribution in [2.45, 2.75) is 13.3 Å². The number of carbonyl (C=O) groups excluding carboxylic acids is 1. The second-order valence-electron chi connectivity index (χ2n) is 4.75. The number of carbonyl (C=O) groups is 1. The number of aryl methyl sites for hydroxylation is 1. The predicted molar refractivity (Wildman–Crippen MR) is 83.2 cm³/mol. The molecule has 4 nitrogen and oxygen atoms in total. The van der Waals surface area contributed by atoms with Gasteiger partial charge in [-0.25, -0.2) is 4.98 Å². The van der Waals surface area contributed by atoms with Crippen LogP contribution in [0.1, 0.15) is 19.2 Å². The number of hydrogen-bond donors (Lipinski definition) is 0. The van der Waals surface area contributed by atoms with E-state index in [1.165, 1.54) is 0 Å². The number of imidazole rings is 1. The smallest absolute Gasteiger partial charge is 0.227 e. The highest BCUT2D eigenvalue weighted by atomic mass is 32.2. The summed E-state index contributed by atoms with van der Waals surface area (Å²) in [6.45, 7) is 2.70. The van der Waals surface area contributed by atoms with Crippen LogP contribution in [-0.4, -0.2) is 32.7 Å². The summed E-state index contributed by atoms with van der Waals surface area (Å²) in [6.07, 6.45) is 2.56. The third-order valence-corrected chi connectivity index (χ3v) is 4.53. The quantitative estimate of drug-likeness (QED) is 0.852. The van der Waals surface area contributed by atoms with E-state index in [1.807, 2.05) is 43.1 Å². The summed E-state index contributed by atoms with van der Waals surface area (Å²) in [5.74, 6) is 2.03. The molecule has 1 aromatic heterocycles. The summed E-state index contributed by atoms with van der Waals surface area (Å²) in [6, 6.07) is 8.07. The van der Waals surface area contributed by atoms with Crippen LogP contribution in [0.4, 0.5) is 0 Å². The van der Waals surface area contributed by atoms with Crippen molar-refractivity contribution in [1.82, 2.24) is 14.5 Å². The third kappa shape index (κ3) is 2.22. The molecule has 0 atom stereocenters. The van der Waals surface area contributed by atoms with Gasteiger partial charge < -0.3 is 9.47 Å². The van der Waals surface area contributed by atoms with Crippen LogP contribution in [0.2, 0.25) is 0 Å². The number of para-hydroxylation sites is 2. The Labute approximate surface area is 122 Å². The van der Waals surface area contributed by atoms with Gasteiger partial charge in [-0.1, -0.05) is 19.1 Å². The molecular weight excluding hydrogens is 270 g/mol. The number of benzene rings is 1. The number of hydrogen-bond acceptors (Lipinski definition) is 3. The molecule has 1 saturated heterocycles. The van der Waals surface area contributed by atoms with E-state index in [0.717, 1.165) is 34.2 Å². The Kier molecular flexibility index (Phi) is 3.53. The fourth-order valence-corrected chi connectivity index (χ4v) is 3.41. The number of rotatable bonds is 2. The molecule has 1 aromatic carbocycles. The molecule has 1 aliphatic rings. The maximum Gasteiger partial charge on any atom is 0.227 e. The van der Waals surface area contributed by atoms with Gasteiger partial charge in [-0.05, 0) is 12.1 Å². The van der Waals surface area contributed by atoms with Gasteiger partial charge in [0, 0.05) is 31.8 Å². The van der Waals surface area contributed by atoms with E-state index in [4.69, 9.17) is 0 Å². The lowest BCUT2D eigenvalue weighted by molar-refractivity contribution is -0.128. The molecular formula is C15H17N3OS. The number of nitrogens with zero attached hydrogens (tertiary/aromatic N) is 3. The highest BCUT2D eigenvalue weighted by Gasteiger charge is 2.23. The van der Waals surface area contributed by atoms with Crippen LogP contribution in [0.25, 0.3) is 17.1 Å². The molecule has 0 spiro atoms. The summed E-state index contributed by atoms with van der Waals surface area (Å²) in [5, 5.41) is 1.01. The molecule has 0 radical (unpaired) electrons. The normalized spacial score (nSPS) is 17.3. The van der Waals surface area contributed by atoms with Gasteiger partial charge in [0.2, 0.25) is 5.91 Å². The van der Waals surface area contributed by atoms with Gasteiger partial charge >= 0.3 is 0 Å². The fraction of sp³-hybridized carbons (Fsp3) is 0.333. The molecule has 0 saturated carbocycles. The summed E-state index contributed by atoms with van der Waals surface area (Å²) in [5.41, 5.74) is 2.09. The zero-order valence-electron chi connectivity index (χ0n) is 11.7. The van der Waals surface area contributed by atoms with Crippen molar-refractivity contribution >= 4 is 34.8 Å². The number of aromatic nitrogens is 2. The van der Waals surface area contributed by atoms with E-state index in [-0.39, 0.29) is 5.91 Å². The van der Waals surface area contributed by atoms with Gasteiger partial charge in [-0.15, -0.1) is 11.8 Å². The second-order valence-corrected chi connectivity index (χ2v) is 5.86. The number of amides is 1. The Balaban J connectivity index is 2.01. The molecule has 3 rings (SSSR count). The average Bonchev–Trinajstić information content (AvgIpc) is 3.05. The summed E-state index contributed by atoms with van der Waals surface area (Å²) < 4.78 is 2.07. The SMILES string of the molecule is CCC(=O)N1CCS/C1=C/c1nc2ccccc2n1C. The average molecular weight is 287 g/mol. The van der Waals surface area contributed by atoms with Gasteiger partial charge in [0.25, 0.3) is 0 Å². The summed E-state index contributed by atoms with van der Waals surface area (Å²) in [7, 11) is 2.01. The van der Waals surface area contributed by atoms with Crippen molar-refractivity contribution in [3.05, 3.63) is 35.1 Å². The molecule has 0 N–H and O–H groups in total. The Morgan fingerprint density at radius 3 is 3.00 bits per heavy atom. The first-order chi connectivity index (χ1) is 9.70. The Bertz CT molecular complexity index is 689. The van der Waals surface area contributed by atoms with Crippen LogP contribution in [0.5, 0.6) is 0 Å². The number of thioether (sulfide) groups is 1. The molecule has 0 bridgehead atoms. The van der Waals surface area contributed by atoms with E-state index in [1.54, 1.807) is 11.8 Å². The van der Waals surface area contributed by atoms with Crippen LogP contribution in [0.15, 0.2) is 29.3 Å². The van der Waals surface area contributed by atoms with E-state index in [2.05, 4.69) is 15.6 Å². The molecule has 5 heteroatoms. The predicted octanol–water partition coefficient (Wildman–Crippen LogP) is 2.86. The zero-order chi connectivity index (χ0) is 14.1. The topological polar surface area (TPSA) is 38.1 Å². The maximum absolute atomic E-state index is 11.9. The van der Waals surface area contributed by atoms with Gasteiger partial charge in [-0.3, -0.25) is 4.79 Å². The van der Waals surface area contributed by atoms with Crippen LogP contribution in [0.3, 0.4) is 0 Å². The molecule has 2 heterocycles. The molecule has 104 valence electrons. The first kappa shape index (κ1) is 13.2. The standard InChI is InChI=1S/C15H17N3OS/c1-3-14(19)18-8-9-20-15(18)10-13-16-11-6-4-5-7-12(11)17(13)2/h4-7,10H,3,8-9H2,1-2H3/b15-10+. The monoisotopic (exact) mass is 287 g/mol. The zero-order valence-corrected chi connectivity index (χ0v) is 12.5. The summed E-state index contributed by atoms with van der Waals surface area (Å²) in [4.78, 5) is 18.4. The molecule has 0 unspecified atom stereocenters. The van der Waals surface area contributed by atoms with Gasteiger partial charge in [0.15, 0.2) is 0 Å². The van der Waals surface area contributed by atoms with Crippen molar-refractivity contribution in [2.24, 2.45) is 7.05 Å². The molecule has 20 heavy (non-hydrogen) atoms. The van der Waals surface area contributed by atoms with E-state index < -0.39 is 0 Å². The minimum absolute atomic E-state index is 0.181. The van der Waals surface area contributed by atoms with Gasteiger partial charge in [-0.2, -0.15) is 0 Å². The van der Waals surface area contributed by atoms with Gasteiger partial charge in [0.1, 0.15) is 5.82 Å². The van der Waals surface area contributed by atoms with Crippen molar-refractivity contribution in [3.8, 4) is 0 Å².